The number of piperazine rings is 1. The van der Waals surface area contributed by atoms with Crippen LogP contribution >= 0.6 is 11.5 Å². The number of para-hydroxylation sites is 1. The van der Waals surface area contributed by atoms with Crippen molar-refractivity contribution in [3.63, 3.8) is 0 Å². The molecule has 16 heteroatoms. The molecule has 12 nitrogen and oxygen atoms in total. The molecule has 1 aliphatic carbocycles. The second-order valence-corrected chi connectivity index (χ2v) is 18.1. The lowest BCUT2D eigenvalue weighted by atomic mass is 9.90. The van der Waals surface area contributed by atoms with Crippen molar-refractivity contribution in [3.05, 3.63) is 150 Å². The summed E-state index contributed by atoms with van der Waals surface area (Å²) in [4.78, 5) is 61.8. The number of benzene rings is 5. The van der Waals surface area contributed by atoms with Crippen LogP contribution < -0.4 is 15.5 Å². The molecule has 4 amide bonds. The van der Waals surface area contributed by atoms with Gasteiger partial charge in [-0.05, 0) is 83.4 Å². The van der Waals surface area contributed by atoms with Crippen molar-refractivity contribution in [1.29, 1.82) is 0 Å². The standard InChI is InChI=1S/C52H53F3N6O6S/c1-34(2)45(57-50(65)67-33-42-38-21-9-7-19-36(38)37-20-8-10-22-39(37)42)47(62)56-43-25-13-11-23-40(43)48(63)61(49(64)51(66-3,52(53,54)55)35-17-5-4-6-18-35)28-16-15-27-59-29-31-60(32-30-59)46-41-24-12-14-26-44(41)68-58-46/h4-14,17-26,34,42,45H,15-16,27-33H2,1-3H3,(H,56,62)(H,57,65)/t45-,51-/m1/s1. The van der Waals surface area contributed by atoms with Gasteiger partial charge in [0.2, 0.25) is 5.91 Å². The maximum atomic E-state index is 15.4. The Morgan fingerprint density at radius 2 is 1.41 bits per heavy atom. The van der Waals surface area contributed by atoms with Crippen LogP contribution in [0.2, 0.25) is 0 Å². The molecule has 0 bridgehead atoms. The molecule has 0 radical (unpaired) electrons. The first-order chi connectivity index (χ1) is 32.8. The zero-order chi connectivity index (χ0) is 48.0. The van der Waals surface area contributed by atoms with Crippen LogP contribution in [0.5, 0.6) is 0 Å². The second kappa shape index (κ2) is 20.7. The molecule has 2 N–H and O–H groups in total. The number of fused-ring (bicyclic) bond motifs is 4. The summed E-state index contributed by atoms with van der Waals surface area (Å²) in [6.45, 7) is 6.57. The molecule has 0 unspecified atom stereocenters. The molecule has 2 aliphatic rings. The number of hydrogen-bond acceptors (Lipinski definition) is 10. The molecule has 1 saturated heterocycles. The number of halogens is 3. The van der Waals surface area contributed by atoms with Gasteiger partial charge in [-0.15, -0.1) is 0 Å². The van der Waals surface area contributed by atoms with Crippen molar-refractivity contribution in [1.82, 2.24) is 19.5 Å². The number of alkyl halides is 3. The summed E-state index contributed by atoms with van der Waals surface area (Å²) < 4.78 is 62.8. The molecule has 1 aromatic heterocycles. The van der Waals surface area contributed by atoms with Crippen LogP contribution in [0, 0.1) is 5.92 Å². The number of hydrogen-bond donors (Lipinski definition) is 2. The van der Waals surface area contributed by atoms with Gasteiger partial charge in [-0.2, -0.15) is 17.5 Å². The fraction of sp³-hybridized carbons (Fsp3) is 0.327. The highest BCUT2D eigenvalue weighted by Gasteiger charge is 2.64. The Morgan fingerprint density at radius 3 is 2.07 bits per heavy atom. The maximum Gasteiger partial charge on any atom is 0.430 e. The second-order valence-electron chi connectivity index (χ2n) is 17.3. The van der Waals surface area contributed by atoms with Crippen LogP contribution in [0.3, 0.4) is 0 Å². The van der Waals surface area contributed by atoms with Gasteiger partial charge in [0.25, 0.3) is 17.4 Å². The highest BCUT2D eigenvalue weighted by Crippen LogP contribution is 2.45. The van der Waals surface area contributed by atoms with Gasteiger partial charge in [0.05, 0.1) is 16.0 Å². The van der Waals surface area contributed by atoms with Crippen molar-refractivity contribution in [2.75, 3.05) is 63.2 Å². The number of anilines is 2. The number of nitrogens with zero attached hydrogens (tertiary/aromatic N) is 4. The van der Waals surface area contributed by atoms with E-state index in [2.05, 4.69) is 30.9 Å². The van der Waals surface area contributed by atoms with Crippen LogP contribution in [0.4, 0.5) is 29.5 Å². The lowest BCUT2D eigenvalue weighted by molar-refractivity contribution is -0.269. The number of unbranched alkanes of at least 4 members (excludes halogenated alkanes) is 1. The molecule has 68 heavy (non-hydrogen) atoms. The van der Waals surface area contributed by atoms with Gasteiger partial charge in [0, 0.05) is 56.7 Å². The molecule has 2 atom stereocenters. The van der Waals surface area contributed by atoms with Gasteiger partial charge in [-0.1, -0.05) is 117 Å². The molecule has 1 aliphatic heterocycles. The summed E-state index contributed by atoms with van der Waals surface area (Å²) in [5.74, 6) is -3.13. The number of aromatic nitrogens is 1. The summed E-state index contributed by atoms with van der Waals surface area (Å²) in [5.41, 5.74) is -0.177. The van der Waals surface area contributed by atoms with Crippen molar-refractivity contribution in [3.8, 4) is 11.1 Å². The van der Waals surface area contributed by atoms with Crippen LogP contribution in [-0.2, 0) is 24.7 Å². The zero-order valence-corrected chi connectivity index (χ0v) is 38.8. The maximum absolute atomic E-state index is 15.4. The first kappa shape index (κ1) is 47.9. The van der Waals surface area contributed by atoms with Crippen LogP contribution in [0.25, 0.3) is 21.2 Å². The lowest BCUT2D eigenvalue weighted by Crippen LogP contribution is -2.58. The minimum absolute atomic E-state index is 0.0128. The Labute approximate surface area is 397 Å². The van der Waals surface area contributed by atoms with E-state index in [0.717, 1.165) is 83.6 Å². The highest BCUT2D eigenvalue weighted by molar-refractivity contribution is 7.13. The number of methoxy groups -OCH3 is 1. The number of rotatable bonds is 16. The van der Waals surface area contributed by atoms with Crippen molar-refractivity contribution >= 4 is 56.9 Å². The van der Waals surface area contributed by atoms with Crippen LogP contribution in [0.15, 0.2) is 127 Å². The molecule has 1 fully saturated rings. The topological polar surface area (TPSA) is 133 Å². The van der Waals surface area contributed by atoms with Gasteiger partial charge in [0.1, 0.15) is 18.5 Å². The average molecular weight is 947 g/mol. The molecular formula is C52H53F3N6O6S. The van der Waals surface area contributed by atoms with E-state index in [9.17, 15) is 19.2 Å². The van der Waals surface area contributed by atoms with Gasteiger partial charge in [-0.3, -0.25) is 24.2 Å². The van der Waals surface area contributed by atoms with Crippen LogP contribution in [-0.4, -0.2) is 103 Å². The predicted molar refractivity (Wildman–Crippen MR) is 257 cm³/mol. The molecule has 0 spiro atoms. The molecule has 5 aromatic carbocycles. The molecule has 354 valence electrons. The van der Waals surface area contributed by atoms with Gasteiger partial charge >= 0.3 is 12.3 Å². The molecule has 8 rings (SSSR count). The van der Waals surface area contributed by atoms with E-state index >= 15 is 13.2 Å². The first-order valence-electron chi connectivity index (χ1n) is 22.7. The normalized spacial score (nSPS) is 15.3. The molecule has 2 heterocycles. The fourth-order valence-electron chi connectivity index (χ4n) is 9.21. The van der Waals surface area contributed by atoms with E-state index in [1.165, 1.54) is 54.0 Å². The zero-order valence-electron chi connectivity index (χ0n) is 38.0. The molecular weight excluding hydrogens is 894 g/mol. The largest absolute Gasteiger partial charge is 0.449 e. The smallest absolute Gasteiger partial charge is 0.430 e. The number of carbonyl (C=O) groups is 4. The summed E-state index contributed by atoms with van der Waals surface area (Å²) in [6, 6.07) is 35.0. The number of amides is 4. The fourth-order valence-corrected chi connectivity index (χ4v) is 10.0. The summed E-state index contributed by atoms with van der Waals surface area (Å²) in [5, 5.41) is 6.48. The van der Waals surface area contributed by atoms with Gasteiger partial charge in [-0.25, -0.2) is 4.79 Å². The van der Waals surface area contributed by atoms with E-state index in [1.54, 1.807) is 13.8 Å². The minimum atomic E-state index is -5.29. The van der Waals surface area contributed by atoms with E-state index in [4.69, 9.17) is 9.47 Å². The third kappa shape index (κ3) is 9.71. The van der Waals surface area contributed by atoms with E-state index in [-0.39, 0.29) is 36.7 Å². The van der Waals surface area contributed by atoms with Crippen molar-refractivity contribution < 1.29 is 41.8 Å². The van der Waals surface area contributed by atoms with Gasteiger partial charge in [0.15, 0.2) is 0 Å². The Hall–Kier alpha value is -6.62. The van der Waals surface area contributed by atoms with E-state index < -0.39 is 53.1 Å². The number of carbonyl (C=O) groups excluding carboxylic acids is 4. The quantitative estimate of drug-likeness (QED) is 0.0911. The molecule has 6 aromatic rings. The Balaban J connectivity index is 0.971. The average Bonchev–Trinajstić information content (AvgIpc) is 3.92. The van der Waals surface area contributed by atoms with Crippen LogP contribution in [0.1, 0.15) is 59.7 Å². The number of ether oxygens (including phenoxy) is 2. The monoisotopic (exact) mass is 946 g/mol. The predicted octanol–water partition coefficient (Wildman–Crippen LogP) is 9.47. The Morgan fingerprint density at radius 1 is 0.794 bits per heavy atom. The summed E-state index contributed by atoms with van der Waals surface area (Å²) in [6.07, 6.45) is -5.48. The number of nitrogens with one attached hydrogen (secondary N) is 2. The van der Waals surface area contributed by atoms with Crippen molar-refractivity contribution in [2.45, 2.75) is 50.4 Å². The SMILES string of the molecule is CO[C@@](C(=O)N(CCCCN1CCN(c2nsc3ccccc23)CC1)C(=O)c1ccccc1NC(=O)[C@H](NC(=O)OCC1c2ccccc2-c2ccccc21)C(C)C)(c1ccccc1)C(F)(F)F. The first-order valence-corrected chi connectivity index (χ1v) is 23.5. The van der Waals surface area contributed by atoms with E-state index in [0.29, 0.717) is 17.9 Å². The number of alkyl carbamates (subject to hydrolysis) is 1. The third-order valence-corrected chi connectivity index (χ3v) is 13.6. The highest BCUT2D eigenvalue weighted by atomic mass is 32.1. The summed E-state index contributed by atoms with van der Waals surface area (Å²) >= 11 is 1.46. The molecule has 0 saturated carbocycles. The Kier molecular flexibility index (Phi) is 14.6. The third-order valence-electron chi connectivity index (χ3n) is 12.8. The minimum Gasteiger partial charge on any atom is -0.449 e. The lowest BCUT2D eigenvalue weighted by Gasteiger charge is -2.37. The van der Waals surface area contributed by atoms with Crippen molar-refractivity contribution in [2.24, 2.45) is 5.92 Å². The van der Waals surface area contributed by atoms with E-state index in [1.807, 2.05) is 66.7 Å². The Bertz CT molecular complexity index is 2720. The number of imide groups is 1. The van der Waals surface area contributed by atoms with Gasteiger partial charge < -0.3 is 25.0 Å². The summed E-state index contributed by atoms with van der Waals surface area (Å²) in [7, 11) is 0.791.